The molecular formula is C20H28N2OS. The van der Waals surface area contributed by atoms with Crippen molar-refractivity contribution in [1.82, 2.24) is 9.88 Å². The zero-order valence-electron chi connectivity index (χ0n) is 14.8. The predicted molar refractivity (Wildman–Crippen MR) is 100 cm³/mol. The van der Waals surface area contributed by atoms with Crippen LogP contribution in [-0.2, 0) is 17.7 Å². The normalized spacial score (nSPS) is 21.4. The Kier molecular flexibility index (Phi) is 6.04. The van der Waals surface area contributed by atoms with E-state index in [1.54, 1.807) is 0 Å². The first kappa shape index (κ1) is 17.6. The number of nitrogens with zero attached hydrogens (tertiary/aromatic N) is 2. The van der Waals surface area contributed by atoms with Crippen molar-refractivity contribution in [3.63, 3.8) is 0 Å². The molecule has 0 N–H and O–H groups in total. The molecule has 2 aromatic rings. The maximum atomic E-state index is 5.88. The minimum Gasteiger partial charge on any atom is -0.381 e. The maximum absolute atomic E-state index is 5.88. The zero-order chi connectivity index (χ0) is 16.8. The van der Waals surface area contributed by atoms with Crippen LogP contribution >= 0.6 is 11.3 Å². The Bertz CT molecular complexity index is 628. The van der Waals surface area contributed by atoms with Gasteiger partial charge in [-0.1, -0.05) is 6.07 Å². The van der Waals surface area contributed by atoms with Crippen LogP contribution < -0.4 is 0 Å². The second kappa shape index (κ2) is 8.24. The van der Waals surface area contributed by atoms with Crippen molar-refractivity contribution >= 4 is 11.3 Å². The summed E-state index contributed by atoms with van der Waals surface area (Å²) < 4.78 is 5.88. The van der Waals surface area contributed by atoms with Crippen LogP contribution in [0.5, 0.6) is 0 Å². The molecule has 3 nitrogen and oxygen atoms in total. The molecule has 2 aromatic heterocycles. The first-order valence-electron chi connectivity index (χ1n) is 8.92. The summed E-state index contributed by atoms with van der Waals surface area (Å²) in [5.74, 6) is 0. The summed E-state index contributed by atoms with van der Waals surface area (Å²) in [4.78, 5) is 8.31. The number of rotatable bonds is 8. The number of hydrogen-bond acceptors (Lipinski definition) is 4. The van der Waals surface area contributed by atoms with Gasteiger partial charge in [0, 0.05) is 42.4 Å². The highest BCUT2D eigenvalue weighted by Crippen LogP contribution is 2.37. The van der Waals surface area contributed by atoms with Crippen molar-refractivity contribution < 1.29 is 4.74 Å². The number of aromatic nitrogens is 1. The Labute approximate surface area is 149 Å². The van der Waals surface area contributed by atoms with Crippen LogP contribution in [0.2, 0.25) is 0 Å². The van der Waals surface area contributed by atoms with E-state index in [0.717, 1.165) is 32.8 Å². The average molecular weight is 345 g/mol. The Hall–Kier alpha value is -1.23. The summed E-state index contributed by atoms with van der Waals surface area (Å²) in [5.41, 5.74) is 2.99. The van der Waals surface area contributed by atoms with Crippen LogP contribution in [0.1, 0.15) is 35.8 Å². The van der Waals surface area contributed by atoms with Gasteiger partial charge in [-0.25, -0.2) is 0 Å². The highest BCUT2D eigenvalue weighted by molar-refractivity contribution is 7.10. The minimum absolute atomic E-state index is 0.302. The molecule has 0 aliphatic carbocycles. The molecule has 0 bridgehead atoms. The average Bonchev–Trinajstić information content (AvgIpc) is 3.19. The highest BCUT2D eigenvalue weighted by atomic mass is 32.1. The second-order valence-corrected chi connectivity index (χ2v) is 8.05. The molecule has 1 aliphatic heterocycles. The van der Waals surface area contributed by atoms with Crippen LogP contribution in [0.3, 0.4) is 0 Å². The molecular weight excluding hydrogens is 316 g/mol. The van der Waals surface area contributed by atoms with Crippen LogP contribution in [0, 0.1) is 12.3 Å². The quantitative estimate of drug-likeness (QED) is 0.713. The molecule has 1 aliphatic rings. The molecule has 3 heterocycles. The van der Waals surface area contributed by atoms with Gasteiger partial charge in [0.05, 0.1) is 6.61 Å². The largest absolute Gasteiger partial charge is 0.381 e. The van der Waals surface area contributed by atoms with Gasteiger partial charge < -0.3 is 4.74 Å². The monoisotopic (exact) mass is 344 g/mol. The summed E-state index contributed by atoms with van der Waals surface area (Å²) in [5, 5.41) is 2.26. The number of likely N-dealkylation sites (tertiary alicyclic amines) is 1. The maximum Gasteiger partial charge on any atom is 0.0535 e. The smallest absolute Gasteiger partial charge is 0.0535 e. The van der Waals surface area contributed by atoms with Crippen molar-refractivity contribution in [2.24, 2.45) is 5.41 Å². The van der Waals surface area contributed by atoms with Gasteiger partial charge in [0.15, 0.2) is 0 Å². The summed E-state index contributed by atoms with van der Waals surface area (Å²) in [7, 11) is 0. The third kappa shape index (κ3) is 4.65. The lowest BCUT2D eigenvalue weighted by atomic mass is 9.83. The predicted octanol–water partition coefficient (Wildman–Crippen LogP) is 4.31. The van der Waals surface area contributed by atoms with Crippen LogP contribution in [-0.4, -0.2) is 36.2 Å². The summed E-state index contributed by atoms with van der Waals surface area (Å²) in [6.07, 6.45) is 7.45. The molecule has 0 spiro atoms. The third-order valence-electron chi connectivity index (χ3n) is 4.95. The first-order chi connectivity index (χ1) is 11.7. The number of hydrogen-bond donors (Lipinski definition) is 0. The van der Waals surface area contributed by atoms with E-state index in [2.05, 4.69) is 41.2 Å². The lowest BCUT2D eigenvalue weighted by Gasteiger charge is -2.29. The van der Waals surface area contributed by atoms with Gasteiger partial charge in [-0.05, 0) is 68.3 Å². The van der Waals surface area contributed by atoms with Gasteiger partial charge in [-0.2, -0.15) is 0 Å². The Morgan fingerprint density at radius 3 is 3.04 bits per heavy atom. The summed E-state index contributed by atoms with van der Waals surface area (Å²) >= 11 is 1.90. The van der Waals surface area contributed by atoms with Crippen molar-refractivity contribution in [1.29, 1.82) is 0 Å². The van der Waals surface area contributed by atoms with Gasteiger partial charge >= 0.3 is 0 Å². The lowest BCUT2D eigenvalue weighted by molar-refractivity contribution is 0.0490. The first-order valence-corrected chi connectivity index (χ1v) is 9.80. The van der Waals surface area contributed by atoms with Gasteiger partial charge in [0.25, 0.3) is 0 Å². The summed E-state index contributed by atoms with van der Waals surface area (Å²) in [6.45, 7) is 9.26. The van der Waals surface area contributed by atoms with E-state index >= 15 is 0 Å². The summed E-state index contributed by atoms with van der Waals surface area (Å²) in [6, 6.07) is 6.53. The highest BCUT2D eigenvalue weighted by Gasteiger charge is 2.38. The van der Waals surface area contributed by atoms with E-state index in [0.29, 0.717) is 5.41 Å². The molecule has 1 saturated heterocycles. The van der Waals surface area contributed by atoms with E-state index in [-0.39, 0.29) is 0 Å². The number of pyridine rings is 1. The lowest BCUT2D eigenvalue weighted by Crippen LogP contribution is -2.32. The molecule has 3 rings (SSSR count). The Morgan fingerprint density at radius 1 is 1.42 bits per heavy atom. The van der Waals surface area contributed by atoms with Crippen LogP contribution in [0.15, 0.2) is 36.0 Å². The molecule has 0 saturated carbocycles. The number of ether oxygens (including phenoxy) is 1. The molecule has 0 amide bonds. The SMILES string of the molecule is CCOC[C@@]1(CCc2cc(C)cs2)CCN(Cc2cccnc2)C1. The van der Waals surface area contributed by atoms with Gasteiger partial charge in [0.1, 0.15) is 0 Å². The molecule has 0 aromatic carbocycles. The topological polar surface area (TPSA) is 25.4 Å². The van der Waals surface area contributed by atoms with E-state index in [4.69, 9.17) is 4.74 Å². The van der Waals surface area contributed by atoms with E-state index in [1.165, 1.54) is 35.3 Å². The Balaban J connectivity index is 1.61. The molecule has 0 unspecified atom stereocenters. The third-order valence-corrected chi connectivity index (χ3v) is 6.06. The molecule has 24 heavy (non-hydrogen) atoms. The van der Waals surface area contributed by atoms with Crippen molar-refractivity contribution in [3.8, 4) is 0 Å². The van der Waals surface area contributed by atoms with E-state index in [1.807, 2.05) is 29.8 Å². The molecule has 1 atom stereocenters. The minimum atomic E-state index is 0.302. The molecule has 1 fully saturated rings. The zero-order valence-corrected chi connectivity index (χ0v) is 15.6. The standard InChI is InChI=1S/C20H28N2OS/c1-3-23-16-20(7-6-19-11-17(2)14-24-19)8-10-22(15-20)13-18-5-4-9-21-12-18/h4-5,9,11-12,14H,3,6-8,10,13,15-16H2,1-2H3/t20-/m0/s1. The molecule has 4 heteroatoms. The van der Waals surface area contributed by atoms with E-state index < -0.39 is 0 Å². The van der Waals surface area contributed by atoms with Gasteiger partial charge in [-0.3, -0.25) is 9.88 Å². The fourth-order valence-electron chi connectivity index (χ4n) is 3.64. The second-order valence-electron chi connectivity index (χ2n) is 7.05. The number of aryl methyl sites for hydroxylation is 2. The van der Waals surface area contributed by atoms with Crippen molar-refractivity contribution in [2.45, 2.75) is 39.7 Å². The van der Waals surface area contributed by atoms with Crippen molar-refractivity contribution in [3.05, 3.63) is 52.0 Å². The van der Waals surface area contributed by atoms with Crippen LogP contribution in [0.4, 0.5) is 0 Å². The Morgan fingerprint density at radius 2 is 2.33 bits per heavy atom. The fourth-order valence-corrected chi connectivity index (χ4v) is 4.51. The molecule has 0 radical (unpaired) electrons. The van der Waals surface area contributed by atoms with E-state index in [9.17, 15) is 0 Å². The number of thiophene rings is 1. The van der Waals surface area contributed by atoms with Gasteiger partial charge in [0.2, 0.25) is 0 Å². The van der Waals surface area contributed by atoms with Gasteiger partial charge in [-0.15, -0.1) is 11.3 Å². The molecule has 130 valence electrons. The van der Waals surface area contributed by atoms with Crippen molar-refractivity contribution in [2.75, 3.05) is 26.3 Å². The van der Waals surface area contributed by atoms with Crippen LogP contribution in [0.25, 0.3) is 0 Å². The fraction of sp³-hybridized carbons (Fsp3) is 0.550.